The van der Waals surface area contributed by atoms with Crippen LogP contribution >= 0.6 is 0 Å². The highest BCUT2D eigenvalue weighted by Gasteiger charge is 2.10. The van der Waals surface area contributed by atoms with E-state index in [0.29, 0.717) is 6.04 Å². The van der Waals surface area contributed by atoms with Crippen molar-refractivity contribution in [2.45, 2.75) is 46.1 Å². The van der Waals surface area contributed by atoms with Gasteiger partial charge in [-0.05, 0) is 49.1 Å². The van der Waals surface area contributed by atoms with Crippen molar-refractivity contribution in [2.75, 3.05) is 6.54 Å². The van der Waals surface area contributed by atoms with E-state index in [9.17, 15) is 0 Å². The van der Waals surface area contributed by atoms with E-state index >= 15 is 0 Å². The Hall–Kier alpha value is -1.67. The van der Waals surface area contributed by atoms with Crippen LogP contribution in [-0.4, -0.2) is 11.5 Å². The van der Waals surface area contributed by atoms with Gasteiger partial charge in [-0.1, -0.05) is 44.2 Å². The molecule has 112 valence electrons. The summed E-state index contributed by atoms with van der Waals surface area (Å²) in [5.41, 5.74) is 5.19. The van der Waals surface area contributed by atoms with Crippen LogP contribution in [0.3, 0.4) is 0 Å². The number of rotatable bonds is 7. The quantitative estimate of drug-likeness (QED) is 0.819. The van der Waals surface area contributed by atoms with Crippen molar-refractivity contribution in [1.82, 2.24) is 10.3 Å². The molecule has 0 aliphatic rings. The Labute approximate surface area is 128 Å². The van der Waals surface area contributed by atoms with Crippen LogP contribution in [0, 0.1) is 0 Å². The maximum absolute atomic E-state index is 4.59. The summed E-state index contributed by atoms with van der Waals surface area (Å²) in [4.78, 5) is 4.59. The molecule has 1 heterocycles. The van der Waals surface area contributed by atoms with Crippen LogP contribution in [0.15, 0.2) is 42.6 Å². The number of aromatic nitrogens is 1. The normalized spacial score (nSPS) is 12.3. The molecular weight excluding hydrogens is 256 g/mol. The van der Waals surface area contributed by atoms with Gasteiger partial charge in [0.25, 0.3) is 0 Å². The summed E-state index contributed by atoms with van der Waals surface area (Å²) < 4.78 is 0. The fourth-order valence-corrected chi connectivity index (χ4v) is 2.55. The molecule has 2 aromatic rings. The van der Waals surface area contributed by atoms with E-state index in [-0.39, 0.29) is 0 Å². The third-order valence-corrected chi connectivity index (χ3v) is 3.89. The minimum atomic E-state index is 0.385. The Bertz CT molecular complexity index is 546. The molecule has 0 spiro atoms. The number of benzene rings is 1. The second kappa shape index (κ2) is 7.94. The number of hydrogen-bond acceptors (Lipinski definition) is 2. The molecular formula is C19H26N2. The lowest BCUT2D eigenvalue weighted by Gasteiger charge is -2.17. The maximum atomic E-state index is 4.59. The van der Waals surface area contributed by atoms with Gasteiger partial charge in [-0.25, -0.2) is 0 Å². The first kappa shape index (κ1) is 15.7. The Morgan fingerprint density at radius 3 is 2.57 bits per heavy atom. The van der Waals surface area contributed by atoms with Crippen molar-refractivity contribution in [3.63, 3.8) is 0 Å². The molecule has 2 rings (SSSR count). The fraction of sp³-hybridized carbons (Fsp3) is 0.421. The van der Waals surface area contributed by atoms with Crippen LogP contribution in [0.5, 0.6) is 0 Å². The summed E-state index contributed by atoms with van der Waals surface area (Å²) in [6.45, 7) is 7.65. The van der Waals surface area contributed by atoms with Gasteiger partial charge in [-0.2, -0.15) is 0 Å². The summed E-state index contributed by atoms with van der Waals surface area (Å²) in [6, 6.07) is 13.4. The molecule has 0 aliphatic heterocycles. The average molecular weight is 282 g/mol. The number of nitrogens with zero attached hydrogens (tertiary/aromatic N) is 1. The van der Waals surface area contributed by atoms with Crippen LogP contribution < -0.4 is 5.32 Å². The first-order chi connectivity index (χ1) is 10.2. The van der Waals surface area contributed by atoms with Crippen LogP contribution in [0.4, 0.5) is 0 Å². The Morgan fingerprint density at radius 2 is 1.90 bits per heavy atom. The van der Waals surface area contributed by atoms with Crippen molar-refractivity contribution in [3.05, 3.63) is 65.0 Å². The second-order valence-electron chi connectivity index (χ2n) is 5.56. The Morgan fingerprint density at radius 1 is 1.10 bits per heavy atom. The molecule has 0 saturated carbocycles. The third kappa shape index (κ3) is 4.40. The molecule has 0 amide bonds. The zero-order valence-corrected chi connectivity index (χ0v) is 13.4. The van der Waals surface area contributed by atoms with E-state index in [1.807, 2.05) is 6.20 Å². The first-order valence-electron chi connectivity index (χ1n) is 7.99. The largest absolute Gasteiger partial charge is 0.310 e. The molecule has 0 fully saturated rings. The van der Waals surface area contributed by atoms with Gasteiger partial charge in [0.2, 0.25) is 0 Å². The highest BCUT2D eigenvalue weighted by atomic mass is 14.9. The van der Waals surface area contributed by atoms with Crippen molar-refractivity contribution in [1.29, 1.82) is 0 Å². The predicted molar refractivity (Wildman–Crippen MR) is 89.6 cm³/mol. The molecule has 1 aromatic carbocycles. The van der Waals surface area contributed by atoms with Crippen LogP contribution in [0.2, 0.25) is 0 Å². The topological polar surface area (TPSA) is 24.9 Å². The molecule has 2 nitrogen and oxygen atoms in total. The fourth-order valence-electron chi connectivity index (χ4n) is 2.55. The molecule has 0 bridgehead atoms. The zero-order valence-electron chi connectivity index (χ0n) is 13.4. The summed E-state index contributed by atoms with van der Waals surface area (Å²) in [7, 11) is 0. The average Bonchev–Trinajstić information content (AvgIpc) is 2.54. The van der Waals surface area contributed by atoms with Gasteiger partial charge in [0.1, 0.15) is 0 Å². The monoisotopic (exact) mass is 282 g/mol. The summed E-state index contributed by atoms with van der Waals surface area (Å²) >= 11 is 0. The minimum absolute atomic E-state index is 0.385. The first-order valence-corrected chi connectivity index (χ1v) is 7.99. The summed E-state index contributed by atoms with van der Waals surface area (Å²) in [6.07, 6.45) is 5.10. The lowest BCUT2D eigenvalue weighted by atomic mass is 9.97. The summed E-state index contributed by atoms with van der Waals surface area (Å²) in [5.74, 6) is 0. The van der Waals surface area contributed by atoms with E-state index in [1.54, 1.807) is 0 Å². The highest BCUT2D eigenvalue weighted by molar-refractivity contribution is 5.33. The number of pyridine rings is 1. The molecule has 0 saturated heterocycles. The minimum Gasteiger partial charge on any atom is -0.310 e. The van der Waals surface area contributed by atoms with E-state index in [2.05, 4.69) is 67.5 Å². The molecule has 1 atom stereocenters. The van der Waals surface area contributed by atoms with Gasteiger partial charge in [0, 0.05) is 24.4 Å². The Kier molecular flexibility index (Phi) is 5.94. The number of aryl methyl sites for hydroxylation is 1. The lowest BCUT2D eigenvalue weighted by molar-refractivity contribution is 0.567. The van der Waals surface area contributed by atoms with Gasteiger partial charge in [-0.15, -0.1) is 0 Å². The van der Waals surface area contributed by atoms with E-state index < -0.39 is 0 Å². The van der Waals surface area contributed by atoms with Gasteiger partial charge in [0.05, 0.1) is 0 Å². The van der Waals surface area contributed by atoms with Crippen molar-refractivity contribution >= 4 is 0 Å². The lowest BCUT2D eigenvalue weighted by Crippen LogP contribution is -2.20. The summed E-state index contributed by atoms with van der Waals surface area (Å²) in [5, 5.41) is 3.57. The smallest absolute Gasteiger partial charge is 0.0447 e. The standard InChI is InChI=1S/C19H26N2/c1-4-12-20-15(3)19-9-7-6-8-17(19)13-18-11-10-16(5-2)14-21-18/h6-11,14-15,20H,4-5,12-13H2,1-3H3. The van der Waals surface area contributed by atoms with Gasteiger partial charge in [0.15, 0.2) is 0 Å². The van der Waals surface area contributed by atoms with Crippen LogP contribution in [-0.2, 0) is 12.8 Å². The SMILES string of the molecule is CCCNC(C)c1ccccc1Cc1ccc(CC)cn1. The van der Waals surface area contributed by atoms with Crippen LogP contribution in [0.1, 0.15) is 55.6 Å². The van der Waals surface area contributed by atoms with Gasteiger partial charge in [-0.3, -0.25) is 4.98 Å². The van der Waals surface area contributed by atoms with Crippen molar-refractivity contribution in [2.24, 2.45) is 0 Å². The van der Waals surface area contributed by atoms with Gasteiger partial charge >= 0.3 is 0 Å². The van der Waals surface area contributed by atoms with Crippen molar-refractivity contribution < 1.29 is 0 Å². The molecule has 1 N–H and O–H groups in total. The Balaban J connectivity index is 2.15. The van der Waals surface area contributed by atoms with E-state index in [0.717, 1.165) is 31.5 Å². The highest BCUT2D eigenvalue weighted by Crippen LogP contribution is 2.20. The second-order valence-corrected chi connectivity index (χ2v) is 5.56. The predicted octanol–water partition coefficient (Wildman–Crippen LogP) is 4.30. The molecule has 1 aromatic heterocycles. The van der Waals surface area contributed by atoms with Gasteiger partial charge < -0.3 is 5.32 Å². The third-order valence-electron chi connectivity index (χ3n) is 3.89. The van der Waals surface area contributed by atoms with Crippen LogP contribution in [0.25, 0.3) is 0 Å². The molecule has 21 heavy (non-hydrogen) atoms. The molecule has 1 unspecified atom stereocenters. The zero-order chi connectivity index (χ0) is 15.1. The number of nitrogens with one attached hydrogen (secondary N) is 1. The van der Waals surface area contributed by atoms with Crippen molar-refractivity contribution in [3.8, 4) is 0 Å². The molecule has 0 aliphatic carbocycles. The maximum Gasteiger partial charge on any atom is 0.0447 e. The molecule has 0 radical (unpaired) electrons. The molecule has 2 heteroatoms. The van der Waals surface area contributed by atoms with E-state index in [4.69, 9.17) is 0 Å². The number of hydrogen-bond donors (Lipinski definition) is 1. The van der Waals surface area contributed by atoms with E-state index in [1.165, 1.54) is 16.7 Å².